The molecule has 0 atom stereocenters. The first kappa shape index (κ1) is 20.8. The van der Waals surface area contributed by atoms with Crippen LogP contribution in [0.4, 0.5) is 0 Å². The number of ether oxygens (including phenoxy) is 3. The molecule has 2 aromatic rings. The molecule has 146 valence electrons. The molecule has 0 aliphatic heterocycles. The number of benzene rings is 2. The van der Waals surface area contributed by atoms with Crippen molar-refractivity contribution in [2.75, 3.05) is 20.3 Å². The molecular formula is C22H23NO5. The molecule has 0 aliphatic carbocycles. The molecule has 0 unspecified atom stereocenters. The van der Waals surface area contributed by atoms with E-state index in [9.17, 15) is 4.79 Å². The van der Waals surface area contributed by atoms with Crippen LogP contribution in [0.1, 0.15) is 22.3 Å². The summed E-state index contributed by atoms with van der Waals surface area (Å²) in [4.78, 5) is 11.1. The standard InChI is InChI=1S/C22H23NO5/c1-14-10-15(2)16(3)20(11-14)27-8-9-28-21-17(6-5-7-19(21)26-4)12-18(13-23)22(24)25/h5-7,10-12H,8-9H2,1-4H3,(H,24,25). The highest BCUT2D eigenvalue weighted by Gasteiger charge is 2.13. The van der Waals surface area contributed by atoms with E-state index in [1.54, 1.807) is 24.3 Å². The van der Waals surface area contributed by atoms with Gasteiger partial charge in [-0.15, -0.1) is 0 Å². The lowest BCUT2D eigenvalue weighted by atomic mass is 10.1. The van der Waals surface area contributed by atoms with Crippen LogP contribution in [-0.2, 0) is 4.79 Å². The van der Waals surface area contributed by atoms with Gasteiger partial charge in [0.25, 0.3) is 0 Å². The van der Waals surface area contributed by atoms with Gasteiger partial charge < -0.3 is 19.3 Å². The molecule has 0 radical (unpaired) electrons. The van der Waals surface area contributed by atoms with Crippen molar-refractivity contribution in [1.82, 2.24) is 0 Å². The third kappa shape index (κ3) is 5.04. The number of carbonyl (C=O) groups is 1. The van der Waals surface area contributed by atoms with Crippen molar-refractivity contribution in [3.05, 3.63) is 58.2 Å². The highest BCUT2D eigenvalue weighted by Crippen LogP contribution is 2.32. The van der Waals surface area contributed by atoms with Gasteiger partial charge in [-0.05, 0) is 55.7 Å². The summed E-state index contributed by atoms with van der Waals surface area (Å²) in [5.74, 6) is 0.308. The summed E-state index contributed by atoms with van der Waals surface area (Å²) in [5.41, 5.74) is 3.41. The fourth-order valence-corrected chi connectivity index (χ4v) is 2.71. The first-order chi connectivity index (χ1) is 13.4. The molecule has 6 nitrogen and oxygen atoms in total. The van der Waals surface area contributed by atoms with Crippen molar-refractivity contribution in [2.24, 2.45) is 0 Å². The van der Waals surface area contributed by atoms with E-state index in [0.717, 1.165) is 22.4 Å². The second-order valence-electron chi connectivity index (χ2n) is 6.26. The first-order valence-electron chi connectivity index (χ1n) is 8.73. The van der Waals surface area contributed by atoms with Crippen LogP contribution in [-0.4, -0.2) is 31.4 Å². The number of rotatable bonds is 8. The minimum atomic E-state index is -1.30. The summed E-state index contributed by atoms with van der Waals surface area (Å²) in [6, 6.07) is 10.8. The third-order valence-corrected chi connectivity index (χ3v) is 4.23. The van der Waals surface area contributed by atoms with E-state index in [4.69, 9.17) is 24.6 Å². The zero-order valence-electron chi connectivity index (χ0n) is 16.4. The molecule has 2 aromatic carbocycles. The Morgan fingerprint density at radius 1 is 1.14 bits per heavy atom. The van der Waals surface area contributed by atoms with Gasteiger partial charge in [0, 0.05) is 5.56 Å². The van der Waals surface area contributed by atoms with Crippen LogP contribution in [0.3, 0.4) is 0 Å². The Morgan fingerprint density at radius 2 is 1.86 bits per heavy atom. The first-order valence-corrected chi connectivity index (χ1v) is 8.73. The molecule has 0 bridgehead atoms. The Balaban J connectivity index is 2.16. The van der Waals surface area contributed by atoms with Gasteiger partial charge in [-0.2, -0.15) is 5.26 Å². The number of nitriles is 1. The predicted molar refractivity (Wildman–Crippen MR) is 106 cm³/mol. The summed E-state index contributed by atoms with van der Waals surface area (Å²) >= 11 is 0. The second-order valence-corrected chi connectivity index (χ2v) is 6.26. The number of aryl methyl sites for hydroxylation is 2. The van der Waals surface area contributed by atoms with E-state index in [1.807, 2.05) is 26.8 Å². The average Bonchev–Trinajstić information content (AvgIpc) is 2.66. The summed E-state index contributed by atoms with van der Waals surface area (Å²) in [6.07, 6.45) is 1.26. The van der Waals surface area contributed by atoms with Gasteiger partial charge in [0.05, 0.1) is 7.11 Å². The largest absolute Gasteiger partial charge is 0.493 e. The van der Waals surface area contributed by atoms with Crippen molar-refractivity contribution >= 4 is 12.0 Å². The van der Waals surface area contributed by atoms with Crippen LogP contribution in [0.25, 0.3) is 6.08 Å². The Hall–Kier alpha value is -3.46. The quantitative estimate of drug-likeness (QED) is 0.421. The van der Waals surface area contributed by atoms with Crippen LogP contribution in [0, 0.1) is 32.1 Å². The monoisotopic (exact) mass is 381 g/mol. The Bertz CT molecular complexity index is 941. The molecule has 0 heterocycles. The Kier molecular flexibility index (Phi) is 7.05. The van der Waals surface area contributed by atoms with Crippen LogP contribution in [0.5, 0.6) is 17.2 Å². The number of hydrogen-bond donors (Lipinski definition) is 1. The van der Waals surface area contributed by atoms with Gasteiger partial charge in [0.15, 0.2) is 11.5 Å². The van der Waals surface area contributed by atoms with Crippen LogP contribution >= 0.6 is 0 Å². The molecule has 0 spiro atoms. The van der Waals surface area contributed by atoms with Crippen LogP contribution < -0.4 is 14.2 Å². The van der Waals surface area contributed by atoms with Gasteiger partial charge in [-0.3, -0.25) is 0 Å². The molecule has 0 aromatic heterocycles. The van der Waals surface area contributed by atoms with Gasteiger partial charge >= 0.3 is 5.97 Å². The third-order valence-electron chi connectivity index (χ3n) is 4.23. The van der Waals surface area contributed by atoms with E-state index in [1.165, 1.54) is 13.2 Å². The fourth-order valence-electron chi connectivity index (χ4n) is 2.71. The van der Waals surface area contributed by atoms with Crippen LogP contribution in [0.2, 0.25) is 0 Å². The maximum Gasteiger partial charge on any atom is 0.346 e. The lowest BCUT2D eigenvalue weighted by Crippen LogP contribution is -2.11. The number of carboxylic acid groups (broad SMARTS) is 1. The summed E-state index contributed by atoms with van der Waals surface area (Å²) < 4.78 is 17.0. The highest BCUT2D eigenvalue weighted by molar-refractivity contribution is 5.97. The van der Waals surface area contributed by atoms with Gasteiger partial charge in [0.2, 0.25) is 0 Å². The lowest BCUT2D eigenvalue weighted by Gasteiger charge is -2.15. The topological polar surface area (TPSA) is 88.8 Å². The number of hydrogen-bond acceptors (Lipinski definition) is 5. The SMILES string of the molecule is COc1cccc(C=C(C#N)C(=O)O)c1OCCOc1cc(C)cc(C)c1C. The predicted octanol–water partition coefficient (Wildman–Crippen LogP) is 4.07. The number of para-hydroxylation sites is 1. The molecule has 28 heavy (non-hydrogen) atoms. The van der Waals surface area contributed by atoms with Gasteiger partial charge in [0.1, 0.15) is 30.6 Å². The molecule has 2 rings (SSSR count). The molecule has 1 N–H and O–H groups in total. The van der Waals surface area contributed by atoms with E-state index >= 15 is 0 Å². The molecule has 6 heteroatoms. The fraction of sp³-hybridized carbons (Fsp3) is 0.273. The molecule has 0 aliphatic rings. The van der Waals surface area contributed by atoms with E-state index in [0.29, 0.717) is 23.7 Å². The highest BCUT2D eigenvalue weighted by atomic mass is 16.5. The normalized spacial score (nSPS) is 10.9. The van der Waals surface area contributed by atoms with E-state index < -0.39 is 5.97 Å². The number of nitrogens with zero attached hydrogens (tertiary/aromatic N) is 1. The van der Waals surface area contributed by atoms with Gasteiger partial charge in [-0.1, -0.05) is 18.2 Å². The Morgan fingerprint density at radius 3 is 2.50 bits per heavy atom. The van der Waals surface area contributed by atoms with Crippen molar-refractivity contribution in [3.8, 4) is 23.3 Å². The van der Waals surface area contributed by atoms with Crippen molar-refractivity contribution < 1.29 is 24.1 Å². The van der Waals surface area contributed by atoms with E-state index in [2.05, 4.69) is 6.07 Å². The van der Waals surface area contributed by atoms with Crippen molar-refractivity contribution in [2.45, 2.75) is 20.8 Å². The van der Waals surface area contributed by atoms with Crippen molar-refractivity contribution in [3.63, 3.8) is 0 Å². The molecule has 0 saturated carbocycles. The number of methoxy groups -OCH3 is 1. The summed E-state index contributed by atoms with van der Waals surface area (Å²) in [7, 11) is 1.49. The van der Waals surface area contributed by atoms with Crippen molar-refractivity contribution in [1.29, 1.82) is 5.26 Å². The number of carboxylic acids is 1. The minimum Gasteiger partial charge on any atom is -0.493 e. The van der Waals surface area contributed by atoms with Crippen LogP contribution in [0.15, 0.2) is 35.9 Å². The smallest absolute Gasteiger partial charge is 0.346 e. The Labute approximate surface area is 164 Å². The molecule has 0 amide bonds. The number of aliphatic carboxylic acids is 1. The lowest BCUT2D eigenvalue weighted by molar-refractivity contribution is -0.132. The summed E-state index contributed by atoms with van der Waals surface area (Å²) in [6.45, 7) is 6.58. The summed E-state index contributed by atoms with van der Waals surface area (Å²) in [5, 5.41) is 18.1. The average molecular weight is 381 g/mol. The zero-order chi connectivity index (χ0) is 20.7. The molecular weight excluding hydrogens is 358 g/mol. The zero-order valence-corrected chi connectivity index (χ0v) is 16.4. The maximum atomic E-state index is 11.1. The van der Waals surface area contributed by atoms with E-state index in [-0.39, 0.29) is 12.2 Å². The molecule has 0 saturated heterocycles. The second kappa shape index (κ2) is 9.47. The van der Waals surface area contributed by atoms with Gasteiger partial charge in [-0.25, -0.2) is 4.79 Å². The minimum absolute atomic E-state index is 0.225. The molecule has 0 fully saturated rings. The maximum absolute atomic E-state index is 11.1.